The normalized spacial score (nSPS) is 25.9. The fourth-order valence-electron chi connectivity index (χ4n) is 2.19. The molecule has 0 aliphatic carbocycles. The van der Waals surface area contributed by atoms with Crippen LogP contribution in [0.3, 0.4) is 0 Å². The van der Waals surface area contributed by atoms with Crippen LogP contribution in [0.4, 0.5) is 0 Å². The standard InChI is InChI=1S/C13H16N2O5/c1-2-3-8-5-15(13(19)14-12(8)18)9-4-10(17)11(6-16)20-7-9/h5,9-11,16-17H,4,6-7H2,1H3,(H,14,18,19)/t9-,10-,11+/m0/s1. The van der Waals surface area contributed by atoms with Gasteiger partial charge in [0.15, 0.2) is 0 Å². The number of ether oxygens (including phenoxy) is 1. The van der Waals surface area contributed by atoms with Crippen molar-refractivity contribution in [2.75, 3.05) is 13.2 Å². The molecule has 3 N–H and O–H groups in total. The third-order valence-electron chi connectivity index (χ3n) is 3.25. The first kappa shape index (κ1) is 14.5. The van der Waals surface area contributed by atoms with E-state index >= 15 is 0 Å². The fourth-order valence-corrected chi connectivity index (χ4v) is 2.19. The van der Waals surface area contributed by atoms with E-state index in [2.05, 4.69) is 16.8 Å². The second kappa shape index (κ2) is 6.05. The van der Waals surface area contributed by atoms with Gasteiger partial charge < -0.3 is 14.9 Å². The lowest BCUT2D eigenvalue weighted by molar-refractivity contribution is -0.113. The summed E-state index contributed by atoms with van der Waals surface area (Å²) in [5.41, 5.74) is -0.920. The number of nitrogens with zero attached hydrogens (tertiary/aromatic N) is 1. The van der Waals surface area contributed by atoms with Crippen molar-refractivity contribution in [1.82, 2.24) is 9.55 Å². The van der Waals surface area contributed by atoms with Crippen LogP contribution < -0.4 is 11.2 Å². The number of aromatic nitrogens is 2. The van der Waals surface area contributed by atoms with Crippen molar-refractivity contribution in [3.8, 4) is 11.8 Å². The van der Waals surface area contributed by atoms with Crippen LogP contribution in [-0.4, -0.2) is 45.2 Å². The molecule has 0 saturated carbocycles. The average Bonchev–Trinajstić information content (AvgIpc) is 2.42. The highest BCUT2D eigenvalue weighted by Gasteiger charge is 2.31. The van der Waals surface area contributed by atoms with E-state index < -0.39 is 29.5 Å². The van der Waals surface area contributed by atoms with Crippen LogP contribution in [-0.2, 0) is 4.74 Å². The number of hydrogen-bond donors (Lipinski definition) is 3. The first-order valence-electron chi connectivity index (χ1n) is 6.25. The van der Waals surface area contributed by atoms with Gasteiger partial charge in [0.1, 0.15) is 11.7 Å². The molecule has 1 aromatic rings. The Morgan fingerprint density at radius 3 is 2.90 bits per heavy atom. The molecule has 108 valence electrons. The van der Waals surface area contributed by atoms with Gasteiger partial charge in [-0.2, -0.15) is 0 Å². The number of aliphatic hydroxyl groups is 2. The molecule has 20 heavy (non-hydrogen) atoms. The molecule has 2 rings (SSSR count). The van der Waals surface area contributed by atoms with Gasteiger partial charge in [-0.1, -0.05) is 5.92 Å². The third-order valence-corrected chi connectivity index (χ3v) is 3.25. The molecule has 0 unspecified atom stereocenters. The Balaban J connectivity index is 2.33. The number of hydrogen-bond acceptors (Lipinski definition) is 5. The maximum absolute atomic E-state index is 11.8. The summed E-state index contributed by atoms with van der Waals surface area (Å²) in [6.07, 6.45) is 0.131. The highest BCUT2D eigenvalue weighted by molar-refractivity contribution is 5.28. The summed E-state index contributed by atoms with van der Waals surface area (Å²) in [7, 11) is 0. The van der Waals surface area contributed by atoms with Gasteiger partial charge >= 0.3 is 5.69 Å². The SMILES string of the molecule is CC#Cc1cn([C@@H]2CO[C@H](CO)[C@@H](O)C2)c(=O)[nH]c1=O. The number of aromatic amines is 1. The van der Waals surface area contributed by atoms with Gasteiger partial charge in [-0.3, -0.25) is 14.3 Å². The van der Waals surface area contributed by atoms with Crippen LogP contribution in [0.2, 0.25) is 0 Å². The van der Waals surface area contributed by atoms with Crippen LogP contribution in [0.15, 0.2) is 15.8 Å². The van der Waals surface area contributed by atoms with Crippen LogP contribution in [0.5, 0.6) is 0 Å². The number of nitrogens with one attached hydrogen (secondary N) is 1. The van der Waals surface area contributed by atoms with E-state index in [9.17, 15) is 14.7 Å². The largest absolute Gasteiger partial charge is 0.394 e. The van der Waals surface area contributed by atoms with E-state index in [4.69, 9.17) is 9.84 Å². The predicted molar refractivity (Wildman–Crippen MR) is 70.4 cm³/mol. The van der Waals surface area contributed by atoms with Gasteiger partial charge in [0, 0.05) is 6.20 Å². The molecule has 1 fully saturated rings. The molecule has 7 heteroatoms. The lowest BCUT2D eigenvalue weighted by Gasteiger charge is -2.33. The highest BCUT2D eigenvalue weighted by Crippen LogP contribution is 2.22. The Morgan fingerprint density at radius 1 is 1.55 bits per heavy atom. The van der Waals surface area contributed by atoms with E-state index in [1.165, 1.54) is 10.8 Å². The molecule has 1 aliphatic rings. The molecule has 3 atom stereocenters. The Morgan fingerprint density at radius 2 is 2.30 bits per heavy atom. The molecule has 1 aliphatic heterocycles. The van der Waals surface area contributed by atoms with E-state index in [1.54, 1.807) is 6.92 Å². The quantitative estimate of drug-likeness (QED) is 0.577. The van der Waals surface area contributed by atoms with Crippen molar-refractivity contribution >= 4 is 0 Å². The van der Waals surface area contributed by atoms with Gasteiger partial charge in [0.05, 0.1) is 25.4 Å². The average molecular weight is 280 g/mol. The van der Waals surface area contributed by atoms with Gasteiger partial charge in [-0.15, -0.1) is 5.92 Å². The molecule has 2 heterocycles. The Labute approximate surface area is 114 Å². The zero-order valence-electron chi connectivity index (χ0n) is 11.0. The van der Waals surface area contributed by atoms with Gasteiger partial charge in [-0.05, 0) is 13.3 Å². The summed E-state index contributed by atoms with van der Waals surface area (Å²) in [5.74, 6) is 5.22. The molecule has 7 nitrogen and oxygen atoms in total. The van der Waals surface area contributed by atoms with Crippen LogP contribution >= 0.6 is 0 Å². The molecule has 1 saturated heterocycles. The zero-order chi connectivity index (χ0) is 14.7. The molecular weight excluding hydrogens is 264 g/mol. The summed E-state index contributed by atoms with van der Waals surface area (Å²) in [6.45, 7) is 1.49. The number of aliphatic hydroxyl groups excluding tert-OH is 2. The topological polar surface area (TPSA) is 105 Å². The molecule has 0 spiro atoms. The van der Waals surface area contributed by atoms with E-state index in [1.807, 2.05) is 0 Å². The summed E-state index contributed by atoms with van der Waals surface area (Å²) >= 11 is 0. The number of H-pyrrole nitrogens is 1. The second-order valence-electron chi connectivity index (χ2n) is 4.60. The Hall–Kier alpha value is -1.88. The first-order chi connectivity index (χ1) is 9.56. The lowest BCUT2D eigenvalue weighted by atomic mass is 10.0. The summed E-state index contributed by atoms with van der Waals surface area (Å²) in [5, 5.41) is 18.8. The smallest absolute Gasteiger partial charge is 0.328 e. The van der Waals surface area contributed by atoms with Crippen molar-refractivity contribution in [3.05, 3.63) is 32.6 Å². The minimum Gasteiger partial charge on any atom is -0.394 e. The van der Waals surface area contributed by atoms with Gasteiger partial charge in [-0.25, -0.2) is 4.79 Å². The first-order valence-corrected chi connectivity index (χ1v) is 6.25. The summed E-state index contributed by atoms with van der Waals surface area (Å²) in [4.78, 5) is 25.6. The minimum absolute atomic E-state index is 0.174. The molecule has 0 radical (unpaired) electrons. The molecule has 0 aromatic carbocycles. The minimum atomic E-state index is -0.863. The van der Waals surface area contributed by atoms with Crippen molar-refractivity contribution in [2.45, 2.75) is 31.6 Å². The molecule has 0 bridgehead atoms. The van der Waals surface area contributed by atoms with Gasteiger partial charge in [0.25, 0.3) is 5.56 Å². The maximum atomic E-state index is 11.8. The zero-order valence-corrected chi connectivity index (χ0v) is 11.0. The predicted octanol–water partition coefficient (Wildman–Crippen LogP) is -1.41. The third kappa shape index (κ3) is 2.82. The fraction of sp³-hybridized carbons (Fsp3) is 0.538. The lowest BCUT2D eigenvalue weighted by Crippen LogP contribution is -2.44. The second-order valence-corrected chi connectivity index (χ2v) is 4.60. The van der Waals surface area contributed by atoms with Crippen LogP contribution in [0.1, 0.15) is 24.9 Å². The van der Waals surface area contributed by atoms with Crippen molar-refractivity contribution in [1.29, 1.82) is 0 Å². The molecule has 0 amide bonds. The summed E-state index contributed by atoms with van der Waals surface area (Å²) < 4.78 is 6.61. The van der Waals surface area contributed by atoms with Crippen LogP contribution in [0.25, 0.3) is 0 Å². The van der Waals surface area contributed by atoms with Gasteiger partial charge in [0.2, 0.25) is 0 Å². The Bertz CT molecular complexity index is 651. The van der Waals surface area contributed by atoms with Crippen molar-refractivity contribution in [3.63, 3.8) is 0 Å². The summed E-state index contributed by atoms with van der Waals surface area (Å²) in [6, 6.07) is -0.408. The monoisotopic (exact) mass is 280 g/mol. The van der Waals surface area contributed by atoms with Crippen LogP contribution in [0, 0.1) is 11.8 Å². The van der Waals surface area contributed by atoms with E-state index in [-0.39, 0.29) is 25.2 Å². The number of rotatable bonds is 2. The Kier molecular flexibility index (Phi) is 4.39. The van der Waals surface area contributed by atoms with E-state index in [0.29, 0.717) is 0 Å². The maximum Gasteiger partial charge on any atom is 0.328 e. The van der Waals surface area contributed by atoms with Crippen molar-refractivity contribution < 1.29 is 14.9 Å². The van der Waals surface area contributed by atoms with Crippen molar-refractivity contribution in [2.24, 2.45) is 0 Å². The highest BCUT2D eigenvalue weighted by atomic mass is 16.5. The molecular formula is C13H16N2O5. The van der Waals surface area contributed by atoms with E-state index in [0.717, 1.165) is 0 Å². The molecule has 1 aromatic heterocycles.